The van der Waals surface area contributed by atoms with Crippen molar-refractivity contribution in [1.82, 2.24) is 9.80 Å². The van der Waals surface area contributed by atoms with Crippen LogP contribution in [-0.4, -0.2) is 60.0 Å². The van der Waals surface area contributed by atoms with Gasteiger partial charge in [-0.15, -0.1) is 0 Å². The van der Waals surface area contributed by atoms with E-state index in [0.717, 1.165) is 30.8 Å². The quantitative estimate of drug-likeness (QED) is 0.745. The Morgan fingerprint density at radius 2 is 2.07 bits per heavy atom. The van der Waals surface area contributed by atoms with E-state index in [0.29, 0.717) is 13.1 Å². The zero-order chi connectivity index (χ0) is 19.6. The Hall–Kier alpha value is -2.50. The lowest BCUT2D eigenvalue weighted by Gasteiger charge is -2.33. The third kappa shape index (κ3) is 4.43. The molecule has 6 heteroatoms. The second-order valence-corrected chi connectivity index (χ2v) is 7.88. The summed E-state index contributed by atoms with van der Waals surface area (Å²) in [7, 11) is 1.61. The standard InChI is InChI=1S/C21H28N2O4/c1-5-18(24)22(4)14-19(25)23-11-9-16(10-12-23)26-17-8-6-7-15-13-21(2,3)27-20(15)17/h5-8,16H,1,9-14H2,2-4H3. The molecule has 0 unspecified atom stereocenters. The molecule has 146 valence electrons. The number of hydrogen-bond donors (Lipinski definition) is 0. The molecule has 0 spiro atoms. The number of ether oxygens (including phenoxy) is 2. The maximum Gasteiger partial charge on any atom is 0.246 e. The number of nitrogens with zero attached hydrogens (tertiary/aromatic N) is 2. The number of likely N-dealkylation sites (tertiary alicyclic amines) is 1. The van der Waals surface area contributed by atoms with E-state index in [1.807, 2.05) is 12.1 Å². The first-order valence-electron chi connectivity index (χ1n) is 9.42. The third-order valence-corrected chi connectivity index (χ3v) is 5.07. The van der Waals surface area contributed by atoms with Crippen molar-refractivity contribution in [2.45, 2.75) is 44.8 Å². The van der Waals surface area contributed by atoms with Crippen LogP contribution in [-0.2, 0) is 16.0 Å². The van der Waals surface area contributed by atoms with Gasteiger partial charge in [0.15, 0.2) is 11.5 Å². The van der Waals surface area contributed by atoms with Gasteiger partial charge in [0.05, 0.1) is 6.54 Å². The molecule has 2 aliphatic rings. The Labute approximate surface area is 160 Å². The molecule has 0 aromatic heterocycles. The summed E-state index contributed by atoms with van der Waals surface area (Å²) >= 11 is 0. The van der Waals surface area contributed by atoms with E-state index in [-0.39, 0.29) is 30.1 Å². The molecule has 1 aromatic rings. The molecule has 27 heavy (non-hydrogen) atoms. The minimum atomic E-state index is -0.248. The molecule has 1 aromatic carbocycles. The van der Waals surface area contributed by atoms with Gasteiger partial charge in [-0.05, 0) is 26.0 Å². The van der Waals surface area contributed by atoms with Gasteiger partial charge in [0.2, 0.25) is 11.8 Å². The van der Waals surface area contributed by atoms with Gasteiger partial charge in [0.1, 0.15) is 11.7 Å². The molecule has 0 N–H and O–H groups in total. The number of amides is 2. The van der Waals surface area contributed by atoms with E-state index in [9.17, 15) is 9.59 Å². The molecule has 6 nitrogen and oxygen atoms in total. The largest absolute Gasteiger partial charge is 0.486 e. The Bertz CT molecular complexity index is 736. The number of carbonyl (C=O) groups excluding carboxylic acids is 2. The normalized spacial score (nSPS) is 18.4. The highest BCUT2D eigenvalue weighted by Crippen LogP contribution is 2.42. The molecule has 2 amide bonds. The molecular weight excluding hydrogens is 344 g/mol. The summed E-state index contributed by atoms with van der Waals surface area (Å²) in [4.78, 5) is 27.1. The average Bonchev–Trinajstić information content (AvgIpc) is 2.96. The van der Waals surface area contributed by atoms with Crippen LogP contribution in [0.4, 0.5) is 0 Å². The molecule has 2 heterocycles. The van der Waals surface area contributed by atoms with E-state index in [2.05, 4.69) is 26.5 Å². The Balaban J connectivity index is 1.54. The molecule has 0 bridgehead atoms. The van der Waals surface area contributed by atoms with Crippen LogP contribution >= 0.6 is 0 Å². The van der Waals surface area contributed by atoms with Gasteiger partial charge >= 0.3 is 0 Å². The van der Waals surface area contributed by atoms with Gasteiger partial charge in [-0.3, -0.25) is 9.59 Å². The Kier molecular flexibility index (Phi) is 5.44. The Morgan fingerprint density at radius 3 is 2.74 bits per heavy atom. The van der Waals surface area contributed by atoms with Crippen LogP contribution in [0.5, 0.6) is 11.5 Å². The van der Waals surface area contributed by atoms with E-state index in [1.165, 1.54) is 16.5 Å². The molecule has 2 aliphatic heterocycles. The van der Waals surface area contributed by atoms with Crippen molar-refractivity contribution in [3.8, 4) is 11.5 Å². The lowest BCUT2D eigenvalue weighted by atomic mass is 10.0. The highest BCUT2D eigenvalue weighted by atomic mass is 16.5. The molecule has 0 saturated carbocycles. The number of carbonyl (C=O) groups is 2. The van der Waals surface area contributed by atoms with Gasteiger partial charge < -0.3 is 19.3 Å². The van der Waals surface area contributed by atoms with E-state index in [4.69, 9.17) is 9.47 Å². The number of piperidine rings is 1. The molecule has 1 fully saturated rings. The van der Waals surface area contributed by atoms with E-state index < -0.39 is 0 Å². The van der Waals surface area contributed by atoms with Crippen LogP contribution in [0.25, 0.3) is 0 Å². The predicted octanol–water partition coefficient (Wildman–Crippen LogP) is 2.41. The molecule has 3 rings (SSSR count). The Morgan fingerprint density at radius 1 is 1.37 bits per heavy atom. The first-order chi connectivity index (χ1) is 12.8. The van der Waals surface area contributed by atoms with Crippen LogP contribution in [0.1, 0.15) is 32.3 Å². The number of fused-ring (bicyclic) bond motifs is 1. The molecule has 0 atom stereocenters. The van der Waals surface area contributed by atoms with Crippen molar-refractivity contribution < 1.29 is 19.1 Å². The van der Waals surface area contributed by atoms with Crippen molar-refractivity contribution in [2.24, 2.45) is 0 Å². The molecular formula is C21H28N2O4. The summed E-state index contributed by atoms with van der Waals surface area (Å²) in [5.41, 5.74) is 0.979. The van der Waals surface area contributed by atoms with E-state index >= 15 is 0 Å². The summed E-state index contributed by atoms with van der Waals surface area (Å²) in [6, 6.07) is 6.04. The van der Waals surface area contributed by atoms with Crippen molar-refractivity contribution in [3.05, 3.63) is 36.4 Å². The van der Waals surface area contributed by atoms with Crippen molar-refractivity contribution in [2.75, 3.05) is 26.7 Å². The monoisotopic (exact) mass is 372 g/mol. The lowest BCUT2D eigenvalue weighted by Crippen LogP contribution is -2.46. The van der Waals surface area contributed by atoms with Crippen molar-refractivity contribution >= 4 is 11.8 Å². The third-order valence-electron chi connectivity index (χ3n) is 5.07. The fourth-order valence-corrected chi connectivity index (χ4v) is 3.62. The second kappa shape index (κ2) is 7.62. The van der Waals surface area contributed by atoms with Gasteiger partial charge in [0, 0.05) is 45.0 Å². The predicted molar refractivity (Wildman–Crippen MR) is 103 cm³/mol. The van der Waals surface area contributed by atoms with Crippen LogP contribution in [0, 0.1) is 0 Å². The number of rotatable bonds is 5. The summed E-state index contributed by atoms with van der Waals surface area (Å²) in [6.45, 7) is 8.93. The highest BCUT2D eigenvalue weighted by Gasteiger charge is 2.33. The maximum atomic E-state index is 12.4. The number of hydrogen-bond acceptors (Lipinski definition) is 4. The fourth-order valence-electron chi connectivity index (χ4n) is 3.62. The zero-order valence-electron chi connectivity index (χ0n) is 16.4. The molecule has 1 saturated heterocycles. The van der Waals surface area contributed by atoms with Gasteiger partial charge in [0.25, 0.3) is 0 Å². The molecule has 0 radical (unpaired) electrons. The van der Waals surface area contributed by atoms with Crippen molar-refractivity contribution in [1.29, 1.82) is 0 Å². The van der Waals surface area contributed by atoms with Gasteiger partial charge in [-0.2, -0.15) is 0 Å². The zero-order valence-corrected chi connectivity index (χ0v) is 16.4. The molecule has 0 aliphatic carbocycles. The van der Waals surface area contributed by atoms with Crippen LogP contribution < -0.4 is 9.47 Å². The average molecular weight is 372 g/mol. The van der Waals surface area contributed by atoms with Crippen LogP contribution in [0.15, 0.2) is 30.9 Å². The SMILES string of the molecule is C=CC(=O)N(C)CC(=O)N1CCC(Oc2cccc3c2OC(C)(C)C3)CC1. The smallest absolute Gasteiger partial charge is 0.246 e. The fraction of sp³-hybridized carbons (Fsp3) is 0.524. The second-order valence-electron chi connectivity index (χ2n) is 7.88. The first-order valence-corrected chi connectivity index (χ1v) is 9.42. The number of para-hydroxylation sites is 1. The summed E-state index contributed by atoms with van der Waals surface area (Å²) < 4.78 is 12.3. The van der Waals surface area contributed by atoms with Gasteiger partial charge in [-0.25, -0.2) is 0 Å². The van der Waals surface area contributed by atoms with Crippen molar-refractivity contribution in [3.63, 3.8) is 0 Å². The minimum Gasteiger partial charge on any atom is -0.486 e. The van der Waals surface area contributed by atoms with Crippen LogP contribution in [0.2, 0.25) is 0 Å². The number of likely N-dealkylation sites (N-methyl/N-ethyl adjacent to an activating group) is 1. The number of benzene rings is 1. The first kappa shape index (κ1) is 19.3. The topological polar surface area (TPSA) is 59.1 Å². The summed E-state index contributed by atoms with van der Waals surface area (Å²) in [5.74, 6) is 1.35. The summed E-state index contributed by atoms with van der Waals surface area (Å²) in [5, 5.41) is 0. The van der Waals surface area contributed by atoms with Gasteiger partial charge in [-0.1, -0.05) is 18.7 Å². The minimum absolute atomic E-state index is 0.0446. The highest BCUT2D eigenvalue weighted by molar-refractivity contribution is 5.90. The summed E-state index contributed by atoms with van der Waals surface area (Å²) in [6.07, 6.45) is 3.68. The van der Waals surface area contributed by atoms with Crippen LogP contribution in [0.3, 0.4) is 0 Å². The maximum absolute atomic E-state index is 12.4. The van der Waals surface area contributed by atoms with E-state index in [1.54, 1.807) is 11.9 Å². The lowest BCUT2D eigenvalue weighted by molar-refractivity contribution is -0.138.